The lowest BCUT2D eigenvalue weighted by Crippen LogP contribution is -2.38. The van der Waals surface area contributed by atoms with Gasteiger partial charge in [0.25, 0.3) is 17.7 Å². The number of nitrogens with zero attached hydrogens (tertiary/aromatic N) is 1. The summed E-state index contributed by atoms with van der Waals surface area (Å²) in [5.41, 5.74) is 3.97. The van der Waals surface area contributed by atoms with E-state index in [1.165, 1.54) is 6.20 Å². The molecule has 1 aliphatic heterocycles. The summed E-state index contributed by atoms with van der Waals surface area (Å²) in [6.45, 7) is 9.39. The number of hydrogen-bond acceptors (Lipinski definition) is 5. The number of nitrogens with one attached hydrogen (secondary N) is 3. The molecule has 0 radical (unpaired) electrons. The van der Waals surface area contributed by atoms with E-state index < -0.39 is 0 Å². The third-order valence-corrected chi connectivity index (χ3v) is 6.55. The fourth-order valence-corrected chi connectivity index (χ4v) is 4.13. The minimum Gasteiger partial charge on any atom is -0.381 e. The molecule has 1 aliphatic rings. The number of carbonyl (C=O) groups is 3. The molecule has 0 aliphatic carbocycles. The molecule has 4 rings (SSSR count). The Labute approximate surface area is 223 Å². The van der Waals surface area contributed by atoms with Gasteiger partial charge in [-0.15, -0.1) is 0 Å². The van der Waals surface area contributed by atoms with Crippen molar-refractivity contribution in [3.8, 4) is 0 Å². The number of anilines is 2. The summed E-state index contributed by atoms with van der Waals surface area (Å²) in [6, 6.07) is 15.9. The smallest absolute Gasteiger partial charge is 0.257 e. The largest absolute Gasteiger partial charge is 0.381 e. The molecule has 8 nitrogen and oxygen atoms in total. The Hall–Kier alpha value is -4.04. The lowest BCUT2D eigenvalue weighted by Gasteiger charge is -2.23. The summed E-state index contributed by atoms with van der Waals surface area (Å²) in [7, 11) is 0. The fourth-order valence-electron chi connectivity index (χ4n) is 4.13. The van der Waals surface area contributed by atoms with E-state index in [0.717, 1.165) is 18.4 Å². The highest BCUT2D eigenvalue weighted by Crippen LogP contribution is 2.25. The van der Waals surface area contributed by atoms with E-state index >= 15 is 0 Å². The van der Waals surface area contributed by atoms with Crippen LogP contribution in [0.1, 0.15) is 75.9 Å². The van der Waals surface area contributed by atoms with E-state index in [1.807, 2.05) is 24.3 Å². The predicted octanol–water partition coefficient (Wildman–Crippen LogP) is 5.10. The average Bonchev–Trinajstić information content (AvgIpc) is 2.90. The maximum Gasteiger partial charge on any atom is 0.257 e. The standard InChI is InChI=1S/C30H34N4O4/c1-19-26(16-22(18-31-19)29(37)33-25-7-5-6-23(17-25)30(2,3)4)34-28(36)21-10-8-20(9-11-21)27(35)32-24-12-14-38-15-13-24/h5-11,16-18,24H,12-15H2,1-4H3,(H,32,35)(H,33,37)(H,34,36). The van der Waals surface area contributed by atoms with E-state index in [4.69, 9.17) is 4.74 Å². The quantitative estimate of drug-likeness (QED) is 0.424. The summed E-state index contributed by atoms with van der Waals surface area (Å²) in [6.07, 6.45) is 3.07. The Morgan fingerprint density at radius 3 is 2.13 bits per heavy atom. The molecular formula is C30H34N4O4. The maximum atomic E-state index is 12.9. The first kappa shape index (κ1) is 27.0. The van der Waals surface area contributed by atoms with Gasteiger partial charge in [0.2, 0.25) is 0 Å². The number of aryl methyl sites for hydroxylation is 1. The second-order valence-corrected chi connectivity index (χ2v) is 10.5. The molecule has 3 amide bonds. The van der Waals surface area contributed by atoms with Crippen LogP contribution in [0.15, 0.2) is 60.8 Å². The monoisotopic (exact) mass is 514 g/mol. The van der Waals surface area contributed by atoms with Crippen molar-refractivity contribution < 1.29 is 19.1 Å². The van der Waals surface area contributed by atoms with Crippen LogP contribution in [0.5, 0.6) is 0 Å². The maximum absolute atomic E-state index is 12.9. The first-order chi connectivity index (χ1) is 18.1. The van der Waals surface area contributed by atoms with Gasteiger partial charge in [-0.3, -0.25) is 19.4 Å². The normalized spacial score (nSPS) is 14.0. The molecule has 1 saturated heterocycles. The zero-order valence-corrected chi connectivity index (χ0v) is 22.3. The topological polar surface area (TPSA) is 109 Å². The van der Waals surface area contributed by atoms with Crippen molar-refractivity contribution in [2.75, 3.05) is 23.8 Å². The van der Waals surface area contributed by atoms with Crippen molar-refractivity contribution in [1.29, 1.82) is 0 Å². The zero-order valence-electron chi connectivity index (χ0n) is 22.3. The number of carbonyl (C=O) groups excluding carboxylic acids is 3. The lowest BCUT2D eigenvalue weighted by molar-refractivity contribution is 0.0696. The van der Waals surface area contributed by atoms with Gasteiger partial charge in [-0.05, 0) is 73.2 Å². The molecule has 2 heterocycles. The van der Waals surface area contributed by atoms with Gasteiger partial charge in [0.1, 0.15) is 0 Å². The second-order valence-electron chi connectivity index (χ2n) is 10.5. The molecule has 8 heteroatoms. The Kier molecular flexibility index (Phi) is 8.22. The molecule has 3 aromatic rings. The third-order valence-electron chi connectivity index (χ3n) is 6.55. The molecule has 0 unspecified atom stereocenters. The molecular weight excluding hydrogens is 480 g/mol. The number of pyridine rings is 1. The molecule has 0 bridgehead atoms. The Morgan fingerprint density at radius 1 is 0.842 bits per heavy atom. The average molecular weight is 515 g/mol. The third kappa shape index (κ3) is 6.83. The number of aromatic nitrogens is 1. The number of amides is 3. The first-order valence-corrected chi connectivity index (χ1v) is 12.8. The molecule has 1 aromatic heterocycles. The van der Waals surface area contributed by atoms with Crippen molar-refractivity contribution in [3.63, 3.8) is 0 Å². The number of hydrogen-bond donors (Lipinski definition) is 3. The van der Waals surface area contributed by atoms with E-state index in [9.17, 15) is 14.4 Å². The molecule has 198 valence electrons. The minimum atomic E-state index is -0.360. The summed E-state index contributed by atoms with van der Waals surface area (Å²) in [4.78, 5) is 42.7. The van der Waals surface area contributed by atoms with Gasteiger partial charge in [-0.1, -0.05) is 32.9 Å². The van der Waals surface area contributed by atoms with Crippen LogP contribution in [0.25, 0.3) is 0 Å². The molecule has 1 fully saturated rings. The Bertz CT molecular complexity index is 1320. The van der Waals surface area contributed by atoms with Crippen LogP contribution in [0.2, 0.25) is 0 Å². The van der Waals surface area contributed by atoms with Crippen molar-refractivity contribution in [2.45, 2.75) is 52.0 Å². The predicted molar refractivity (Wildman–Crippen MR) is 148 cm³/mol. The van der Waals surface area contributed by atoms with Crippen molar-refractivity contribution in [1.82, 2.24) is 10.3 Å². The molecule has 38 heavy (non-hydrogen) atoms. The van der Waals surface area contributed by atoms with Crippen LogP contribution < -0.4 is 16.0 Å². The number of benzene rings is 2. The van der Waals surface area contributed by atoms with Crippen LogP contribution in [0.3, 0.4) is 0 Å². The Morgan fingerprint density at radius 2 is 1.47 bits per heavy atom. The minimum absolute atomic E-state index is 0.0452. The molecule has 2 aromatic carbocycles. The highest BCUT2D eigenvalue weighted by molar-refractivity contribution is 6.08. The van der Waals surface area contributed by atoms with Gasteiger partial charge in [-0.25, -0.2) is 0 Å². The van der Waals surface area contributed by atoms with Crippen molar-refractivity contribution >= 4 is 29.1 Å². The van der Waals surface area contributed by atoms with Crippen LogP contribution >= 0.6 is 0 Å². The summed E-state index contributed by atoms with van der Waals surface area (Å²) < 4.78 is 5.33. The Balaban J connectivity index is 1.41. The SMILES string of the molecule is Cc1ncc(C(=O)Nc2cccc(C(C)(C)C)c2)cc1NC(=O)c1ccc(C(=O)NC2CCOCC2)cc1. The van der Waals surface area contributed by atoms with Crippen LogP contribution in [0, 0.1) is 6.92 Å². The summed E-state index contributed by atoms with van der Waals surface area (Å²) in [5.74, 6) is -0.851. The lowest BCUT2D eigenvalue weighted by atomic mass is 9.87. The molecule has 0 atom stereocenters. The highest BCUT2D eigenvalue weighted by Gasteiger charge is 2.18. The fraction of sp³-hybridized carbons (Fsp3) is 0.333. The zero-order chi connectivity index (χ0) is 27.3. The number of ether oxygens (including phenoxy) is 1. The van der Waals surface area contributed by atoms with E-state index in [-0.39, 0.29) is 29.2 Å². The van der Waals surface area contributed by atoms with Gasteiger partial charge in [-0.2, -0.15) is 0 Å². The number of rotatable bonds is 6. The van der Waals surface area contributed by atoms with Crippen LogP contribution in [0.4, 0.5) is 11.4 Å². The second kappa shape index (κ2) is 11.6. The van der Waals surface area contributed by atoms with E-state index in [2.05, 4.69) is 41.7 Å². The van der Waals surface area contributed by atoms with Gasteiger partial charge < -0.3 is 20.7 Å². The van der Waals surface area contributed by atoms with Gasteiger partial charge in [0.15, 0.2) is 0 Å². The summed E-state index contributed by atoms with van der Waals surface area (Å²) >= 11 is 0. The first-order valence-electron chi connectivity index (χ1n) is 12.8. The molecule has 0 spiro atoms. The van der Waals surface area contributed by atoms with Gasteiger partial charge >= 0.3 is 0 Å². The molecule has 0 saturated carbocycles. The van der Waals surface area contributed by atoms with Gasteiger partial charge in [0, 0.05) is 42.3 Å². The van der Waals surface area contributed by atoms with Crippen molar-refractivity contribution in [2.24, 2.45) is 0 Å². The van der Waals surface area contributed by atoms with Crippen LogP contribution in [-0.4, -0.2) is 42.0 Å². The van der Waals surface area contributed by atoms with Gasteiger partial charge in [0.05, 0.1) is 16.9 Å². The molecule has 3 N–H and O–H groups in total. The van der Waals surface area contributed by atoms with E-state index in [1.54, 1.807) is 37.3 Å². The summed E-state index contributed by atoms with van der Waals surface area (Å²) in [5, 5.41) is 8.75. The highest BCUT2D eigenvalue weighted by atomic mass is 16.5. The van der Waals surface area contributed by atoms with E-state index in [0.29, 0.717) is 47.0 Å². The van der Waals surface area contributed by atoms with Crippen molar-refractivity contribution in [3.05, 3.63) is 88.7 Å². The van der Waals surface area contributed by atoms with Crippen LogP contribution in [-0.2, 0) is 10.2 Å².